The molecule has 0 amide bonds. The van der Waals surface area contributed by atoms with Crippen molar-refractivity contribution in [3.8, 4) is 5.75 Å². The summed E-state index contributed by atoms with van der Waals surface area (Å²) < 4.78 is 5.45. The molecule has 4 nitrogen and oxygen atoms in total. The van der Waals surface area contributed by atoms with Gasteiger partial charge in [0.15, 0.2) is 0 Å². The van der Waals surface area contributed by atoms with Gasteiger partial charge in [-0.15, -0.1) is 0 Å². The van der Waals surface area contributed by atoms with Crippen LogP contribution in [0.25, 0.3) is 0 Å². The SMILES string of the molecule is Cc1cccc(OCC(O)CON)c1C. The van der Waals surface area contributed by atoms with E-state index in [2.05, 4.69) is 4.84 Å². The Bertz CT molecular complexity index is 315. The largest absolute Gasteiger partial charge is 0.491 e. The molecular formula is C11H17NO3. The second-order valence-electron chi connectivity index (χ2n) is 3.50. The number of benzene rings is 1. The van der Waals surface area contributed by atoms with Gasteiger partial charge in [0.1, 0.15) is 18.5 Å². The number of ether oxygens (including phenoxy) is 1. The molecule has 0 bridgehead atoms. The van der Waals surface area contributed by atoms with E-state index in [0.717, 1.165) is 16.9 Å². The van der Waals surface area contributed by atoms with E-state index >= 15 is 0 Å². The molecule has 1 rings (SSSR count). The van der Waals surface area contributed by atoms with Crippen molar-refractivity contribution in [1.82, 2.24) is 0 Å². The molecule has 0 fully saturated rings. The lowest BCUT2D eigenvalue weighted by molar-refractivity contribution is 0.0115. The molecule has 4 heteroatoms. The van der Waals surface area contributed by atoms with Gasteiger partial charge in [-0.1, -0.05) is 12.1 Å². The first-order valence-corrected chi connectivity index (χ1v) is 4.84. The van der Waals surface area contributed by atoms with Crippen LogP contribution in [0.15, 0.2) is 18.2 Å². The predicted octanol–water partition coefficient (Wildman–Crippen LogP) is 0.933. The third-order valence-corrected chi connectivity index (χ3v) is 2.27. The van der Waals surface area contributed by atoms with Gasteiger partial charge >= 0.3 is 0 Å². The van der Waals surface area contributed by atoms with Gasteiger partial charge in [0.05, 0.1) is 6.61 Å². The van der Waals surface area contributed by atoms with Crippen molar-refractivity contribution in [1.29, 1.82) is 0 Å². The molecule has 0 aliphatic carbocycles. The summed E-state index contributed by atoms with van der Waals surface area (Å²) in [6, 6.07) is 5.81. The first-order valence-electron chi connectivity index (χ1n) is 4.84. The normalized spacial score (nSPS) is 12.5. The van der Waals surface area contributed by atoms with Crippen LogP contribution in [-0.2, 0) is 4.84 Å². The number of hydrogen-bond donors (Lipinski definition) is 2. The average Bonchev–Trinajstić information content (AvgIpc) is 2.21. The summed E-state index contributed by atoms with van der Waals surface area (Å²) in [5, 5.41) is 9.34. The smallest absolute Gasteiger partial charge is 0.122 e. The minimum atomic E-state index is -0.699. The van der Waals surface area contributed by atoms with E-state index in [-0.39, 0.29) is 13.2 Å². The van der Waals surface area contributed by atoms with Crippen LogP contribution in [-0.4, -0.2) is 24.4 Å². The summed E-state index contributed by atoms with van der Waals surface area (Å²) in [6.45, 7) is 4.25. The highest BCUT2D eigenvalue weighted by molar-refractivity contribution is 5.38. The molecule has 0 aliphatic heterocycles. The fourth-order valence-electron chi connectivity index (χ4n) is 1.23. The van der Waals surface area contributed by atoms with E-state index in [0.29, 0.717) is 0 Å². The van der Waals surface area contributed by atoms with Crippen LogP contribution < -0.4 is 10.6 Å². The second-order valence-corrected chi connectivity index (χ2v) is 3.50. The topological polar surface area (TPSA) is 64.7 Å². The molecule has 0 heterocycles. The molecule has 0 radical (unpaired) electrons. The lowest BCUT2D eigenvalue weighted by atomic mass is 10.1. The fraction of sp³-hybridized carbons (Fsp3) is 0.455. The molecule has 1 atom stereocenters. The van der Waals surface area contributed by atoms with E-state index in [9.17, 15) is 5.11 Å². The number of aryl methyl sites for hydroxylation is 1. The zero-order valence-corrected chi connectivity index (χ0v) is 9.06. The van der Waals surface area contributed by atoms with Crippen LogP contribution >= 0.6 is 0 Å². The van der Waals surface area contributed by atoms with Crippen LogP contribution in [0.1, 0.15) is 11.1 Å². The summed E-state index contributed by atoms with van der Waals surface area (Å²) >= 11 is 0. The molecule has 1 aromatic carbocycles. The van der Waals surface area contributed by atoms with Crippen molar-refractivity contribution in [2.75, 3.05) is 13.2 Å². The van der Waals surface area contributed by atoms with Crippen LogP contribution in [0, 0.1) is 13.8 Å². The highest BCUT2D eigenvalue weighted by Crippen LogP contribution is 2.20. The van der Waals surface area contributed by atoms with E-state index in [1.165, 1.54) is 0 Å². The van der Waals surface area contributed by atoms with E-state index in [1.54, 1.807) is 0 Å². The maximum absolute atomic E-state index is 9.34. The third-order valence-electron chi connectivity index (χ3n) is 2.27. The minimum absolute atomic E-state index is 0.0743. The van der Waals surface area contributed by atoms with Crippen molar-refractivity contribution in [3.63, 3.8) is 0 Å². The van der Waals surface area contributed by atoms with Gasteiger partial charge < -0.3 is 14.7 Å². The maximum Gasteiger partial charge on any atom is 0.122 e. The highest BCUT2D eigenvalue weighted by Gasteiger charge is 2.06. The molecule has 1 aromatic rings. The lowest BCUT2D eigenvalue weighted by Crippen LogP contribution is -2.25. The molecule has 15 heavy (non-hydrogen) atoms. The first kappa shape index (κ1) is 12.0. The number of aliphatic hydroxyl groups is 1. The van der Waals surface area contributed by atoms with E-state index in [4.69, 9.17) is 10.6 Å². The minimum Gasteiger partial charge on any atom is -0.491 e. The van der Waals surface area contributed by atoms with Gasteiger partial charge in [-0.2, -0.15) is 0 Å². The van der Waals surface area contributed by atoms with Crippen molar-refractivity contribution < 1.29 is 14.7 Å². The Hall–Kier alpha value is -1.10. The Morgan fingerprint density at radius 2 is 2.07 bits per heavy atom. The standard InChI is InChI=1S/C11H17NO3/c1-8-4-3-5-11(9(8)2)14-6-10(13)7-15-12/h3-5,10,13H,6-7,12H2,1-2H3. The molecule has 0 spiro atoms. The van der Waals surface area contributed by atoms with Crippen molar-refractivity contribution in [2.24, 2.45) is 5.90 Å². The molecule has 3 N–H and O–H groups in total. The summed E-state index contributed by atoms with van der Waals surface area (Å²) in [4.78, 5) is 4.32. The molecule has 1 unspecified atom stereocenters. The Morgan fingerprint density at radius 1 is 1.33 bits per heavy atom. The maximum atomic E-state index is 9.34. The summed E-state index contributed by atoms with van der Waals surface area (Å²) in [7, 11) is 0. The molecule has 0 saturated carbocycles. The summed E-state index contributed by atoms with van der Waals surface area (Å²) in [5.41, 5.74) is 2.25. The van der Waals surface area contributed by atoms with Gasteiger partial charge in [0, 0.05) is 0 Å². The van der Waals surface area contributed by atoms with Gasteiger partial charge in [-0.25, -0.2) is 5.90 Å². The number of hydrogen-bond acceptors (Lipinski definition) is 4. The fourth-order valence-corrected chi connectivity index (χ4v) is 1.23. The zero-order valence-electron chi connectivity index (χ0n) is 9.06. The number of aliphatic hydroxyl groups excluding tert-OH is 1. The Labute approximate surface area is 89.6 Å². The average molecular weight is 211 g/mol. The van der Waals surface area contributed by atoms with Crippen LogP contribution in [0.4, 0.5) is 0 Å². The third kappa shape index (κ3) is 3.51. The predicted molar refractivity (Wildman–Crippen MR) is 57.6 cm³/mol. The Kier molecular flexibility index (Phi) is 4.55. The van der Waals surface area contributed by atoms with Crippen LogP contribution in [0.2, 0.25) is 0 Å². The second kappa shape index (κ2) is 5.70. The highest BCUT2D eigenvalue weighted by atomic mass is 16.6. The van der Waals surface area contributed by atoms with Gasteiger partial charge in [0.25, 0.3) is 0 Å². The Morgan fingerprint density at radius 3 is 2.73 bits per heavy atom. The Balaban J connectivity index is 2.54. The molecule has 0 saturated heterocycles. The molecule has 0 aliphatic rings. The number of nitrogens with two attached hydrogens (primary N) is 1. The quantitative estimate of drug-likeness (QED) is 0.711. The van der Waals surface area contributed by atoms with Crippen molar-refractivity contribution >= 4 is 0 Å². The molecular weight excluding hydrogens is 194 g/mol. The zero-order chi connectivity index (χ0) is 11.3. The monoisotopic (exact) mass is 211 g/mol. The van der Waals surface area contributed by atoms with Gasteiger partial charge in [-0.05, 0) is 31.0 Å². The molecule has 84 valence electrons. The molecule has 0 aromatic heterocycles. The lowest BCUT2D eigenvalue weighted by Gasteiger charge is -2.13. The van der Waals surface area contributed by atoms with Gasteiger partial charge in [0.2, 0.25) is 0 Å². The summed E-state index contributed by atoms with van der Waals surface area (Å²) in [6.07, 6.45) is -0.699. The summed E-state index contributed by atoms with van der Waals surface area (Å²) in [5.74, 6) is 5.62. The van der Waals surface area contributed by atoms with E-state index in [1.807, 2.05) is 32.0 Å². The first-order chi connectivity index (χ1) is 7.15. The van der Waals surface area contributed by atoms with Crippen LogP contribution in [0.5, 0.6) is 5.75 Å². The van der Waals surface area contributed by atoms with Crippen LogP contribution in [0.3, 0.4) is 0 Å². The van der Waals surface area contributed by atoms with Crippen molar-refractivity contribution in [2.45, 2.75) is 20.0 Å². The van der Waals surface area contributed by atoms with E-state index < -0.39 is 6.10 Å². The van der Waals surface area contributed by atoms with Gasteiger partial charge in [-0.3, -0.25) is 0 Å². The van der Waals surface area contributed by atoms with Crippen molar-refractivity contribution in [3.05, 3.63) is 29.3 Å². The number of rotatable bonds is 5.